The number of benzene rings is 4. The number of sulfone groups is 2. The lowest BCUT2D eigenvalue weighted by Gasteiger charge is -2.41. The third-order valence-corrected chi connectivity index (χ3v) is 14.9. The molecule has 2 aliphatic heterocycles. The molecule has 2 atom stereocenters. The number of imide groups is 2. The molecule has 2 aliphatic rings. The van der Waals surface area contributed by atoms with Gasteiger partial charge < -0.3 is 28.4 Å². The molecule has 6 rings (SSSR count). The second kappa shape index (κ2) is 27.1. The van der Waals surface area contributed by atoms with Gasteiger partial charge in [-0.3, -0.25) is 9.80 Å². The number of nitrogens with zero attached hydrogens (tertiary/aromatic N) is 6. The summed E-state index contributed by atoms with van der Waals surface area (Å²) in [5, 5.41) is 19.3. The molecule has 0 saturated carbocycles. The smallest absolute Gasteiger partial charge is 0.418 e. The molecule has 0 saturated heterocycles. The van der Waals surface area contributed by atoms with E-state index in [-0.39, 0.29) is 34.1 Å². The number of carbonyl (C=O) groups excluding carboxylic acids is 6. The average Bonchev–Trinajstić information content (AvgIpc) is 0.749. The van der Waals surface area contributed by atoms with Gasteiger partial charge in [-0.15, -0.1) is 0 Å². The fourth-order valence-corrected chi connectivity index (χ4v) is 10.8. The summed E-state index contributed by atoms with van der Waals surface area (Å²) in [5.41, 5.74) is -6.67. The van der Waals surface area contributed by atoms with Crippen LogP contribution in [0.2, 0.25) is 0 Å². The van der Waals surface area contributed by atoms with E-state index in [4.69, 9.17) is 28.4 Å². The summed E-state index contributed by atoms with van der Waals surface area (Å²) < 4.78 is 169. The quantitative estimate of drug-likeness (QED) is 0.0247. The van der Waals surface area contributed by atoms with Crippen LogP contribution >= 0.6 is 0 Å². The van der Waals surface area contributed by atoms with Crippen LogP contribution in [0.4, 0.5) is 56.9 Å². The van der Waals surface area contributed by atoms with Crippen LogP contribution in [0.15, 0.2) is 143 Å². The molecule has 6 amide bonds. The highest BCUT2D eigenvalue weighted by atomic mass is 32.2. The van der Waals surface area contributed by atoms with Gasteiger partial charge in [-0.1, -0.05) is 49.6 Å². The van der Waals surface area contributed by atoms with Gasteiger partial charge in [0.1, 0.15) is 38.5 Å². The Hall–Kier alpha value is -9.36. The number of carbonyl (C=O) groups is 6. The minimum Gasteiger partial charge on any atom is -0.458 e. The SMILES string of the molecule is C=CCOC(=O)C1=C(C)N(c2cccc(C(F)(F)F)c2)C(=O)N(C(=O)OCCOCCOCCOC(=O)N2C(=O)N(c3cccc(C(F)(F)F)c3)C(C)=C(C(=O)OCC=C)[C@H]2c2ccc(C#N)cc2S(C)(=O)=O)[C@@H]1c1ccc(C#N)cc1S(C)(=O)=O. The lowest BCUT2D eigenvalue weighted by molar-refractivity contribution is -0.139. The van der Waals surface area contributed by atoms with E-state index in [0.717, 1.165) is 99.2 Å². The van der Waals surface area contributed by atoms with Crippen molar-refractivity contribution in [1.82, 2.24) is 9.80 Å². The number of ether oxygens (including phenoxy) is 6. The van der Waals surface area contributed by atoms with Crippen LogP contribution in [0, 0.1) is 22.7 Å². The first-order chi connectivity index (χ1) is 40.4. The molecule has 86 heavy (non-hydrogen) atoms. The zero-order valence-corrected chi connectivity index (χ0v) is 47.4. The number of alkyl halides is 6. The van der Waals surface area contributed by atoms with Crippen molar-refractivity contribution in [2.75, 3.05) is 75.2 Å². The van der Waals surface area contributed by atoms with Crippen molar-refractivity contribution >= 4 is 67.2 Å². The predicted molar refractivity (Wildman–Crippen MR) is 288 cm³/mol. The van der Waals surface area contributed by atoms with E-state index in [9.17, 15) is 82.5 Å². The van der Waals surface area contributed by atoms with Crippen LogP contribution in [-0.2, 0) is 70.0 Å². The zero-order valence-electron chi connectivity index (χ0n) is 45.8. The first kappa shape index (κ1) is 65.8. The number of rotatable bonds is 21. The van der Waals surface area contributed by atoms with Crippen molar-refractivity contribution in [3.05, 3.63) is 166 Å². The maximum Gasteiger partial charge on any atom is 0.418 e. The Morgan fingerprint density at radius 2 is 0.907 bits per heavy atom. The van der Waals surface area contributed by atoms with Crippen molar-refractivity contribution in [3.63, 3.8) is 0 Å². The van der Waals surface area contributed by atoms with Crippen LogP contribution in [0.25, 0.3) is 0 Å². The highest BCUT2D eigenvalue weighted by Crippen LogP contribution is 2.46. The minimum absolute atomic E-state index is 0.192. The molecule has 0 unspecified atom stereocenters. The molecular formula is C56H50F6N6O16S2. The summed E-state index contributed by atoms with van der Waals surface area (Å²) in [5.74, 6) is -2.54. The van der Waals surface area contributed by atoms with E-state index < -0.39 is 186 Å². The van der Waals surface area contributed by atoms with Crippen molar-refractivity contribution in [3.8, 4) is 12.1 Å². The number of anilines is 2. The molecule has 0 aliphatic carbocycles. The number of hydrogen-bond donors (Lipinski definition) is 0. The monoisotopic (exact) mass is 1240 g/mol. The van der Waals surface area contributed by atoms with E-state index >= 15 is 0 Å². The Balaban J connectivity index is 1.21. The number of halogens is 6. The first-order valence-corrected chi connectivity index (χ1v) is 28.8. The average molecular weight is 1240 g/mol. The van der Waals surface area contributed by atoms with Gasteiger partial charge in [0.2, 0.25) is 0 Å². The largest absolute Gasteiger partial charge is 0.458 e. The van der Waals surface area contributed by atoms with Crippen LogP contribution in [-0.4, -0.2) is 128 Å². The Morgan fingerprint density at radius 1 is 0.558 bits per heavy atom. The maximum absolute atomic E-state index is 14.6. The summed E-state index contributed by atoms with van der Waals surface area (Å²) in [4.78, 5) is 86.2. The maximum atomic E-state index is 14.6. The number of nitriles is 2. The summed E-state index contributed by atoms with van der Waals surface area (Å²) in [7, 11) is -8.73. The second-order valence-electron chi connectivity index (χ2n) is 18.4. The minimum atomic E-state index is -4.94. The predicted octanol–water partition coefficient (Wildman–Crippen LogP) is 9.25. The van der Waals surface area contributed by atoms with Crippen LogP contribution in [0.3, 0.4) is 0 Å². The molecule has 4 aromatic rings. The highest BCUT2D eigenvalue weighted by Gasteiger charge is 2.50. The molecule has 22 nitrogen and oxygen atoms in total. The lowest BCUT2D eigenvalue weighted by Crippen LogP contribution is -2.54. The number of urea groups is 2. The first-order valence-electron chi connectivity index (χ1n) is 25.0. The van der Waals surface area contributed by atoms with E-state index in [1.165, 1.54) is 0 Å². The molecule has 0 radical (unpaired) electrons. The van der Waals surface area contributed by atoms with Crippen molar-refractivity contribution in [1.29, 1.82) is 10.5 Å². The second-order valence-corrected chi connectivity index (χ2v) is 22.3. The Labute approximate surface area is 487 Å². The molecule has 0 fully saturated rings. The van der Waals surface area contributed by atoms with Gasteiger partial charge in [0.25, 0.3) is 0 Å². The molecule has 0 bridgehead atoms. The third-order valence-electron chi connectivity index (χ3n) is 12.6. The normalized spacial score (nSPS) is 15.9. The summed E-state index contributed by atoms with van der Waals surface area (Å²) >= 11 is 0. The third kappa shape index (κ3) is 14.8. The van der Waals surface area contributed by atoms with Crippen LogP contribution in [0.1, 0.15) is 59.3 Å². The summed E-state index contributed by atoms with van der Waals surface area (Å²) in [6, 6.07) is 9.41. The standard InChI is InChI=1S/C56H50F6N6O16S2/c1-7-19-81-49(69)45-33(3)65(39-13-9-11-37(29-39)55(57,58)59)51(71)67(47(45)41-17-15-35(31-63)27-43(41)85(5,75)76)53(73)83-25-23-79-21-22-80-24-26-84-54(74)68-48(42-18-16-36(32-64)28-44(42)86(6,77)78)46(50(70)82-20-8-2)34(4)66(52(68)72)40-14-10-12-38(30-40)56(60,61)62/h7-18,27-30,47-48H,1-2,19-26H2,3-6H3/t47-,48-/m1/s1. The molecule has 2 heterocycles. The van der Waals surface area contributed by atoms with E-state index in [1.54, 1.807) is 12.1 Å². The lowest BCUT2D eigenvalue weighted by atomic mass is 9.92. The Bertz CT molecular complexity index is 3540. The molecule has 4 aromatic carbocycles. The van der Waals surface area contributed by atoms with Gasteiger partial charge in [-0.05, 0) is 85.6 Å². The van der Waals surface area contributed by atoms with Crippen LogP contribution in [0.5, 0.6) is 0 Å². The van der Waals surface area contributed by atoms with E-state index in [1.807, 2.05) is 0 Å². The van der Waals surface area contributed by atoms with Gasteiger partial charge in [0.15, 0.2) is 19.7 Å². The number of esters is 2. The number of amides is 6. The summed E-state index contributed by atoms with van der Waals surface area (Å²) in [6.07, 6.45) is -9.24. The Kier molecular flexibility index (Phi) is 20.8. The fourth-order valence-electron chi connectivity index (χ4n) is 8.91. The van der Waals surface area contributed by atoms with E-state index in [0.29, 0.717) is 34.1 Å². The van der Waals surface area contributed by atoms with Gasteiger partial charge in [0.05, 0.1) is 93.1 Å². The molecular weight excluding hydrogens is 1190 g/mol. The van der Waals surface area contributed by atoms with Gasteiger partial charge in [-0.2, -0.15) is 36.9 Å². The topological polar surface area (TPSA) is 287 Å². The molecule has 0 aromatic heterocycles. The zero-order chi connectivity index (χ0) is 63.6. The van der Waals surface area contributed by atoms with Crippen molar-refractivity contribution in [2.45, 2.75) is 48.1 Å². The van der Waals surface area contributed by atoms with E-state index in [2.05, 4.69) is 13.2 Å². The van der Waals surface area contributed by atoms with Gasteiger partial charge in [0, 0.05) is 23.9 Å². The molecule has 30 heteroatoms. The van der Waals surface area contributed by atoms with Crippen LogP contribution < -0.4 is 9.80 Å². The molecule has 0 N–H and O–H groups in total. The number of hydrogen-bond acceptors (Lipinski definition) is 18. The van der Waals surface area contributed by atoms with Gasteiger partial charge in [-0.25, -0.2) is 55.4 Å². The Morgan fingerprint density at radius 3 is 1.22 bits per heavy atom. The van der Waals surface area contributed by atoms with Crippen molar-refractivity contribution in [2.24, 2.45) is 0 Å². The summed E-state index contributed by atoms with van der Waals surface area (Å²) in [6.45, 7) is 5.34. The van der Waals surface area contributed by atoms with Crippen molar-refractivity contribution < 1.29 is 100 Å². The molecule has 454 valence electrons. The highest BCUT2D eigenvalue weighted by molar-refractivity contribution is 7.91. The number of allylic oxidation sites excluding steroid dienone is 2. The molecule has 0 spiro atoms. The fraction of sp³-hybridized carbons (Fsp3) is 0.286. The van der Waals surface area contributed by atoms with Gasteiger partial charge >= 0.3 is 48.5 Å².